The van der Waals surface area contributed by atoms with Gasteiger partial charge in [0.05, 0.1) is 11.4 Å². The van der Waals surface area contributed by atoms with E-state index in [9.17, 15) is 8.42 Å². The fraction of sp³-hybridized carbons (Fsp3) is 0.412. The summed E-state index contributed by atoms with van der Waals surface area (Å²) >= 11 is 7.53. The Hall–Kier alpha value is -1.35. The lowest BCUT2D eigenvalue weighted by atomic mass is 10.4. The van der Waals surface area contributed by atoms with Crippen molar-refractivity contribution in [2.45, 2.75) is 54.1 Å². The molecule has 6 nitrogen and oxygen atoms in total. The Bertz CT molecular complexity index is 859. The fourth-order valence-electron chi connectivity index (χ4n) is 2.86. The molecule has 0 radical (unpaired) electrons. The van der Waals surface area contributed by atoms with Crippen LogP contribution in [0.2, 0.25) is 5.02 Å². The highest BCUT2D eigenvalue weighted by molar-refractivity contribution is 7.99. The van der Waals surface area contributed by atoms with Crippen LogP contribution < -0.4 is 4.72 Å². The van der Waals surface area contributed by atoms with Crippen LogP contribution >= 0.6 is 23.4 Å². The van der Waals surface area contributed by atoms with Crippen molar-refractivity contribution in [2.24, 2.45) is 0 Å². The van der Waals surface area contributed by atoms with Crippen LogP contribution in [0.25, 0.3) is 0 Å². The van der Waals surface area contributed by atoms with Crippen molar-refractivity contribution < 1.29 is 8.42 Å². The Labute approximate surface area is 163 Å². The van der Waals surface area contributed by atoms with Gasteiger partial charge in [0.15, 0.2) is 5.16 Å². The molecule has 1 aromatic carbocycles. The molecule has 0 spiro atoms. The average Bonchev–Trinajstić information content (AvgIpc) is 3.25. The molecule has 0 amide bonds. The standard InChI is InChI=1S/C17H21ClN4O2S2/c1-2-11-22-16(20-21-17(22)25-14-5-3-4-6-14)12-19-26(23,24)15-9-7-13(18)8-10-15/h2,7-10,14,19H,1,3-6,11-12H2. The van der Waals surface area contributed by atoms with Crippen molar-refractivity contribution in [3.63, 3.8) is 0 Å². The van der Waals surface area contributed by atoms with Gasteiger partial charge in [-0.2, -0.15) is 0 Å². The quantitative estimate of drug-likeness (QED) is 0.670. The molecule has 1 heterocycles. The maximum Gasteiger partial charge on any atom is 0.240 e. The predicted molar refractivity (Wildman–Crippen MR) is 104 cm³/mol. The number of hydrogen-bond donors (Lipinski definition) is 1. The molecule has 0 saturated heterocycles. The van der Waals surface area contributed by atoms with E-state index in [1.165, 1.54) is 37.8 Å². The van der Waals surface area contributed by atoms with Gasteiger partial charge < -0.3 is 4.57 Å². The summed E-state index contributed by atoms with van der Waals surface area (Å²) in [6, 6.07) is 6.04. The number of sulfonamides is 1. The molecule has 1 fully saturated rings. The number of aromatic nitrogens is 3. The van der Waals surface area contributed by atoms with Crippen LogP contribution in [0.1, 0.15) is 31.5 Å². The van der Waals surface area contributed by atoms with Crippen LogP contribution in [-0.4, -0.2) is 28.4 Å². The smallest absolute Gasteiger partial charge is 0.240 e. The summed E-state index contributed by atoms with van der Waals surface area (Å²) in [5.74, 6) is 0.572. The van der Waals surface area contributed by atoms with Crippen LogP contribution in [0.4, 0.5) is 0 Å². The Morgan fingerprint density at radius 1 is 1.27 bits per heavy atom. The molecule has 1 aromatic heterocycles. The number of hydrogen-bond acceptors (Lipinski definition) is 5. The number of nitrogens with zero attached hydrogens (tertiary/aromatic N) is 3. The second-order valence-corrected chi connectivity index (χ2v) is 9.57. The summed E-state index contributed by atoms with van der Waals surface area (Å²) in [7, 11) is -3.64. The number of allylic oxidation sites excluding steroid dienone is 1. The third-order valence-electron chi connectivity index (χ3n) is 4.22. The van der Waals surface area contributed by atoms with E-state index in [-0.39, 0.29) is 11.4 Å². The van der Waals surface area contributed by atoms with E-state index in [1.807, 2.05) is 4.57 Å². The number of halogens is 1. The van der Waals surface area contributed by atoms with Crippen molar-refractivity contribution in [3.8, 4) is 0 Å². The first-order valence-corrected chi connectivity index (χ1v) is 11.2. The molecule has 0 atom stereocenters. The summed E-state index contributed by atoms with van der Waals surface area (Å²) in [5.41, 5.74) is 0. The molecule has 0 aliphatic heterocycles. The molecule has 26 heavy (non-hydrogen) atoms. The minimum Gasteiger partial charge on any atom is -0.301 e. The van der Waals surface area contributed by atoms with Gasteiger partial charge in [0.25, 0.3) is 0 Å². The van der Waals surface area contributed by atoms with Crippen molar-refractivity contribution in [3.05, 3.63) is 47.8 Å². The third-order valence-corrected chi connectivity index (χ3v) is 7.21. The minimum atomic E-state index is -3.64. The molecule has 0 unspecified atom stereocenters. The first-order valence-electron chi connectivity index (χ1n) is 8.44. The average molecular weight is 413 g/mol. The molecule has 1 aliphatic carbocycles. The Kier molecular flexibility index (Phi) is 6.39. The Morgan fingerprint density at radius 2 is 1.96 bits per heavy atom. The van der Waals surface area contributed by atoms with Crippen molar-refractivity contribution in [2.75, 3.05) is 0 Å². The second-order valence-electron chi connectivity index (χ2n) is 6.10. The monoisotopic (exact) mass is 412 g/mol. The number of rotatable bonds is 8. The van der Waals surface area contributed by atoms with E-state index in [2.05, 4.69) is 21.5 Å². The van der Waals surface area contributed by atoms with Gasteiger partial charge in [-0.1, -0.05) is 42.3 Å². The summed E-state index contributed by atoms with van der Waals surface area (Å²) in [5, 5.41) is 10.3. The van der Waals surface area contributed by atoms with Crippen molar-refractivity contribution in [1.29, 1.82) is 0 Å². The Balaban J connectivity index is 1.73. The molecular weight excluding hydrogens is 392 g/mol. The lowest BCUT2D eigenvalue weighted by Crippen LogP contribution is -2.25. The van der Waals surface area contributed by atoms with Gasteiger partial charge in [-0.3, -0.25) is 0 Å². The summed E-state index contributed by atoms with van der Waals surface area (Å²) in [6.45, 7) is 4.39. The van der Waals surface area contributed by atoms with Crippen LogP contribution in [0.3, 0.4) is 0 Å². The number of thioether (sulfide) groups is 1. The van der Waals surface area contributed by atoms with Gasteiger partial charge >= 0.3 is 0 Å². The van der Waals surface area contributed by atoms with Crippen LogP contribution in [0.5, 0.6) is 0 Å². The molecule has 1 N–H and O–H groups in total. The maximum absolute atomic E-state index is 12.4. The minimum absolute atomic E-state index is 0.0665. The summed E-state index contributed by atoms with van der Waals surface area (Å²) < 4.78 is 29.4. The highest BCUT2D eigenvalue weighted by atomic mass is 35.5. The lowest BCUT2D eigenvalue weighted by molar-refractivity contribution is 0.574. The van der Waals surface area contributed by atoms with E-state index in [0.29, 0.717) is 22.6 Å². The molecule has 1 saturated carbocycles. The number of benzene rings is 1. The highest BCUT2D eigenvalue weighted by Crippen LogP contribution is 2.34. The zero-order valence-electron chi connectivity index (χ0n) is 14.3. The first-order chi connectivity index (χ1) is 12.5. The number of nitrogens with one attached hydrogen (secondary N) is 1. The van der Waals surface area contributed by atoms with E-state index in [0.717, 1.165) is 5.16 Å². The summed E-state index contributed by atoms with van der Waals surface area (Å²) in [4.78, 5) is 0.164. The zero-order valence-corrected chi connectivity index (χ0v) is 16.7. The normalized spacial score (nSPS) is 15.4. The summed E-state index contributed by atoms with van der Waals surface area (Å²) in [6.07, 6.45) is 6.63. The van der Waals surface area contributed by atoms with Gasteiger partial charge in [-0.05, 0) is 37.1 Å². The van der Waals surface area contributed by atoms with Gasteiger partial charge in [0, 0.05) is 16.8 Å². The topological polar surface area (TPSA) is 76.9 Å². The van der Waals surface area contributed by atoms with Gasteiger partial charge in [-0.15, -0.1) is 16.8 Å². The van der Waals surface area contributed by atoms with E-state index in [1.54, 1.807) is 30.0 Å². The molecule has 2 aromatic rings. The highest BCUT2D eigenvalue weighted by Gasteiger charge is 2.22. The Morgan fingerprint density at radius 3 is 2.62 bits per heavy atom. The molecule has 140 valence electrons. The molecule has 9 heteroatoms. The molecule has 3 rings (SSSR count). The van der Waals surface area contributed by atoms with Crippen LogP contribution in [-0.2, 0) is 23.1 Å². The maximum atomic E-state index is 12.4. The third kappa shape index (κ3) is 4.68. The van der Waals surface area contributed by atoms with E-state index >= 15 is 0 Å². The van der Waals surface area contributed by atoms with E-state index in [4.69, 9.17) is 11.6 Å². The molecule has 1 aliphatic rings. The van der Waals surface area contributed by atoms with Gasteiger partial charge in [0.2, 0.25) is 10.0 Å². The van der Waals surface area contributed by atoms with Crippen LogP contribution in [0.15, 0.2) is 47.0 Å². The largest absolute Gasteiger partial charge is 0.301 e. The fourth-order valence-corrected chi connectivity index (χ4v) is 5.23. The van der Waals surface area contributed by atoms with Crippen LogP contribution in [0, 0.1) is 0 Å². The molecule has 0 bridgehead atoms. The van der Waals surface area contributed by atoms with Gasteiger partial charge in [-0.25, -0.2) is 13.1 Å². The lowest BCUT2D eigenvalue weighted by Gasteiger charge is -2.11. The zero-order chi connectivity index (χ0) is 18.6. The second kappa shape index (κ2) is 8.56. The van der Waals surface area contributed by atoms with Crippen molar-refractivity contribution in [1.82, 2.24) is 19.5 Å². The molecular formula is C17H21ClN4O2S2. The van der Waals surface area contributed by atoms with E-state index < -0.39 is 10.0 Å². The van der Waals surface area contributed by atoms with Crippen molar-refractivity contribution >= 4 is 33.4 Å². The SMILES string of the molecule is C=CCn1c(CNS(=O)(=O)c2ccc(Cl)cc2)nnc1SC1CCCC1. The van der Waals surface area contributed by atoms with Gasteiger partial charge in [0.1, 0.15) is 5.82 Å². The predicted octanol–water partition coefficient (Wildman–Crippen LogP) is 3.63. The first kappa shape index (κ1) is 19.4.